The van der Waals surface area contributed by atoms with E-state index in [9.17, 15) is 18.3 Å². The molecule has 0 spiro atoms. The molecule has 2 aromatic carbocycles. The highest BCUT2D eigenvalue weighted by molar-refractivity contribution is 8.00. The number of carbonyl (C=O) groups is 1. The Labute approximate surface area is 192 Å². The molecule has 2 heterocycles. The monoisotopic (exact) mass is 471 g/mol. The molecule has 0 amide bonds. The Balaban J connectivity index is 1.55. The number of rotatable bonds is 6. The Hall–Kier alpha value is -2.62. The van der Waals surface area contributed by atoms with Gasteiger partial charge in [-0.25, -0.2) is 13.4 Å². The molecule has 0 bridgehead atoms. The van der Waals surface area contributed by atoms with Gasteiger partial charge in [-0.2, -0.15) is 16.1 Å². The van der Waals surface area contributed by atoms with Crippen molar-refractivity contribution in [2.75, 3.05) is 12.3 Å². The van der Waals surface area contributed by atoms with Gasteiger partial charge >= 0.3 is 5.97 Å². The van der Waals surface area contributed by atoms with E-state index in [0.29, 0.717) is 5.75 Å². The first-order valence-corrected chi connectivity index (χ1v) is 12.6. The van der Waals surface area contributed by atoms with E-state index in [2.05, 4.69) is 4.98 Å². The molecule has 7 nitrogen and oxygen atoms in total. The Bertz CT molecular complexity index is 1190. The number of carboxylic acids is 1. The number of nitrogens with zero attached hydrogens (tertiary/aromatic N) is 3. The summed E-state index contributed by atoms with van der Waals surface area (Å²) in [6, 6.07) is 13.6. The quantitative estimate of drug-likeness (QED) is 0.591. The third kappa shape index (κ3) is 4.46. The van der Waals surface area contributed by atoms with Crippen molar-refractivity contribution >= 4 is 27.8 Å². The average Bonchev–Trinajstić information content (AvgIpc) is 3.26. The molecule has 9 heteroatoms. The number of thioether (sulfide) groups is 1. The first-order chi connectivity index (χ1) is 15.2. The van der Waals surface area contributed by atoms with E-state index in [1.54, 1.807) is 50.6 Å². The fourth-order valence-corrected chi connectivity index (χ4v) is 7.08. The lowest BCUT2D eigenvalue weighted by molar-refractivity contribution is -0.142. The van der Waals surface area contributed by atoms with Crippen LogP contribution in [0.3, 0.4) is 0 Å². The lowest BCUT2D eigenvalue weighted by atomic mass is 10.0. The van der Waals surface area contributed by atoms with E-state index in [1.807, 2.05) is 35.0 Å². The Morgan fingerprint density at radius 2 is 1.75 bits per heavy atom. The fraction of sp³-hybridized carbons (Fsp3) is 0.304. The Kier molecular flexibility index (Phi) is 6.15. The van der Waals surface area contributed by atoms with E-state index in [0.717, 1.165) is 27.5 Å². The van der Waals surface area contributed by atoms with E-state index in [-0.39, 0.29) is 11.4 Å². The lowest BCUT2D eigenvalue weighted by Gasteiger charge is -2.42. The minimum atomic E-state index is -3.93. The zero-order valence-corrected chi connectivity index (χ0v) is 19.5. The molecule has 3 aromatic rings. The Morgan fingerprint density at radius 1 is 1.12 bits per heavy atom. The number of hydrogen-bond donors (Lipinski definition) is 1. The molecule has 0 saturated carbocycles. The van der Waals surface area contributed by atoms with E-state index in [4.69, 9.17) is 0 Å². The molecule has 1 aliphatic heterocycles. The van der Waals surface area contributed by atoms with Crippen LogP contribution in [0.25, 0.3) is 11.1 Å². The summed E-state index contributed by atoms with van der Waals surface area (Å²) in [5.74, 6) is -0.572. The largest absolute Gasteiger partial charge is 0.480 e. The molecule has 1 aliphatic rings. The molecule has 0 radical (unpaired) electrons. The molecule has 1 N–H and O–H groups in total. The van der Waals surface area contributed by atoms with Crippen LogP contribution in [0.15, 0.2) is 72.1 Å². The summed E-state index contributed by atoms with van der Waals surface area (Å²) in [5.41, 5.74) is 3.00. The summed E-state index contributed by atoms with van der Waals surface area (Å²) in [6.45, 7) is 4.45. The summed E-state index contributed by atoms with van der Waals surface area (Å²) < 4.78 is 29.0. The van der Waals surface area contributed by atoms with Crippen molar-refractivity contribution < 1.29 is 18.3 Å². The minimum Gasteiger partial charge on any atom is -0.480 e. The van der Waals surface area contributed by atoms with Crippen LogP contribution in [0.2, 0.25) is 0 Å². The normalized spacial score (nSPS) is 19.0. The van der Waals surface area contributed by atoms with Gasteiger partial charge in [-0.05, 0) is 42.7 Å². The highest BCUT2D eigenvalue weighted by Gasteiger charge is 2.48. The van der Waals surface area contributed by atoms with Gasteiger partial charge in [-0.3, -0.25) is 4.79 Å². The van der Waals surface area contributed by atoms with Crippen LogP contribution < -0.4 is 0 Å². The summed E-state index contributed by atoms with van der Waals surface area (Å²) in [7, 11) is -3.93. The first-order valence-electron chi connectivity index (χ1n) is 10.2. The molecule has 168 valence electrons. The second-order valence-electron chi connectivity index (χ2n) is 8.26. The summed E-state index contributed by atoms with van der Waals surface area (Å²) in [4.78, 5) is 16.0. The van der Waals surface area contributed by atoms with Crippen LogP contribution >= 0.6 is 11.8 Å². The van der Waals surface area contributed by atoms with Crippen molar-refractivity contribution in [2.45, 2.75) is 36.1 Å². The summed E-state index contributed by atoms with van der Waals surface area (Å²) in [6.07, 6.45) is 5.42. The van der Waals surface area contributed by atoms with Crippen molar-refractivity contribution in [1.82, 2.24) is 13.9 Å². The molecule has 32 heavy (non-hydrogen) atoms. The maximum atomic E-state index is 13.3. The summed E-state index contributed by atoms with van der Waals surface area (Å²) in [5, 5.41) is 9.73. The maximum absolute atomic E-state index is 13.3. The third-order valence-corrected chi connectivity index (χ3v) is 8.87. The van der Waals surface area contributed by atoms with E-state index < -0.39 is 26.8 Å². The van der Waals surface area contributed by atoms with Gasteiger partial charge in [-0.15, -0.1) is 0 Å². The van der Waals surface area contributed by atoms with Crippen LogP contribution in [0.1, 0.15) is 19.4 Å². The second-order valence-corrected chi connectivity index (χ2v) is 11.9. The zero-order valence-electron chi connectivity index (χ0n) is 17.9. The van der Waals surface area contributed by atoms with Gasteiger partial charge < -0.3 is 9.67 Å². The van der Waals surface area contributed by atoms with Crippen molar-refractivity contribution in [3.8, 4) is 11.1 Å². The predicted molar refractivity (Wildman–Crippen MR) is 125 cm³/mol. The van der Waals surface area contributed by atoms with Gasteiger partial charge in [0, 0.05) is 36.0 Å². The van der Waals surface area contributed by atoms with Gasteiger partial charge in [0.2, 0.25) is 10.0 Å². The molecule has 1 atom stereocenters. The highest BCUT2D eigenvalue weighted by atomic mass is 32.2. The van der Waals surface area contributed by atoms with Gasteiger partial charge in [0.25, 0.3) is 0 Å². The fourth-order valence-electron chi connectivity index (χ4n) is 3.98. The van der Waals surface area contributed by atoms with Crippen molar-refractivity contribution in [3.63, 3.8) is 0 Å². The number of hydrogen-bond acceptors (Lipinski definition) is 5. The summed E-state index contributed by atoms with van der Waals surface area (Å²) >= 11 is 1.48. The topological polar surface area (TPSA) is 92.5 Å². The number of carboxylic acid groups (broad SMARTS) is 1. The van der Waals surface area contributed by atoms with Crippen LogP contribution in [0.4, 0.5) is 0 Å². The van der Waals surface area contributed by atoms with Crippen LogP contribution in [-0.4, -0.2) is 56.4 Å². The molecule has 4 rings (SSSR count). The van der Waals surface area contributed by atoms with Crippen LogP contribution in [0.5, 0.6) is 0 Å². The molecular formula is C23H25N3O4S2. The zero-order chi connectivity index (χ0) is 22.9. The third-order valence-electron chi connectivity index (χ3n) is 5.64. The van der Waals surface area contributed by atoms with Crippen LogP contribution in [-0.2, 0) is 21.4 Å². The van der Waals surface area contributed by atoms with Crippen molar-refractivity contribution in [3.05, 3.63) is 72.8 Å². The molecule has 0 aliphatic carbocycles. The first kappa shape index (κ1) is 22.6. The lowest BCUT2D eigenvalue weighted by Crippen LogP contribution is -2.58. The standard InChI is InChI=1S/C23H25N3O4S2/c1-23(2)21(22(27)28)26(13-14-31-23)32(29,30)20-9-7-19(8-10-20)18-5-3-17(4-6-18)15-25-12-11-24-16-25/h3-12,16,21H,13-15H2,1-2H3,(H,27,28)/t21-/m0/s1. The molecule has 1 aromatic heterocycles. The van der Waals surface area contributed by atoms with Crippen molar-refractivity contribution in [1.29, 1.82) is 0 Å². The smallest absolute Gasteiger partial charge is 0.323 e. The second kappa shape index (κ2) is 8.73. The van der Waals surface area contributed by atoms with Gasteiger partial charge in [-0.1, -0.05) is 36.4 Å². The SMILES string of the molecule is CC1(C)SCCN(S(=O)(=O)c2ccc(-c3ccc(Cn4ccnc4)cc3)cc2)[C@H]1C(=O)O. The van der Waals surface area contributed by atoms with Crippen LogP contribution in [0, 0.1) is 0 Å². The number of benzene rings is 2. The molecule has 0 unspecified atom stereocenters. The number of aromatic nitrogens is 2. The molecule has 1 fully saturated rings. The number of imidazole rings is 1. The highest BCUT2D eigenvalue weighted by Crippen LogP contribution is 2.38. The van der Waals surface area contributed by atoms with E-state index >= 15 is 0 Å². The number of sulfonamides is 1. The van der Waals surface area contributed by atoms with Crippen molar-refractivity contribution in [2.24, 2.45) is 0 Å². The van der Waals surface area contributed by atoms with Gasteiger partial charge in [0.15, 0.2) is 0 Å². The minimum absolute atomic E-state index is 0.104. The average molecular weight is 472 g/mol. The Morgan fingerprint density at radius 3 is 2.31 bits per heavy atom. The molecule has 1 saturated heterocycles. The number of aliphatic carboxylic acids is 1. The van der Waals surface area contributed by atoms with Gasteiger partial charge in [0.1, 0.15) is 6.04 Å². The van der Waals surface area contributed by atoms with Gasteiger partial charge in [0.05, 0.1) is 11.2 Å². The maximum Gasteiger partial charge on any atom is 0.323 e. The molecular weight excluding hydrogens is 446 g/mol. The predicted octanol–water partition coefficient (Wildman–Crippen LogP) is 3.57. The van der Waals surface area contributed by atoms with E-state index in [1.165, 1.54) is 11.8 Å².